The molecule has 78 valence electrons. The first kappa shape index (κ1) is 12.3. The summed E-state index contributed by atoms with van der Waals surface area (Å²) in [6.45, 7) is 4.17. The smallest absolute Gasteiger partial charge is 0.279 e. The molecule has 0 aliphatic carbocycles. The minimum absolute atomic E-state index is 0.140. The van der Waals surface area contributed by atoms with E-state index in [4.69, 9.17) is 11.1 Å². The Bertz CT molecular complexity index is 258. The number of nitrogens with two attached hydrogens (primary N) is 1. The van der Waals surface area contributed by atoms with E-state index >= 15 is 0 Å². The monoisotopic (exact) mass is 208 g/mol. The molecule has 0 bridgehead atoms. The normalized spacial score (nSPS) is 11.9. The Morgan fingerprint density at radius 1 is 1.46 bits per heavy atom. The van der Waals surface area contributed by atoms with Crippen LogP contribution in [0.15, 0.2) is 0 Å². The molecule has 0 aromatic carbocycles. The van der Waals surface area contributed by atoms with Gasteiger partial charge in [-0.3, -0.25) is 5.41 Å². The maximum Gasteiger partial charge on any atom is 0.279 e. The van der Waals surface area contributed by atoms with Crippen LogP contribution in [-0.2, 0) is 10.2 Å². The number of hydrogen-bond acceptors (Lipinski definition) is 3. The Morgan fingerprint density at radius 2 is 1.92 bits per heavy atom. The molecule has 0 aliphatic heterocycles. The molecule has 7 heteroatoms. The van der Waals surface area contributed by atoms with Crippen molar-refractivity contribution in [2.75, 3.05) is 19.6 Å². The molecule has 0 spiro atoms. The van der Waals surface area contributed by atoms with Crippen molar-refractivity contribution < 1.29 is 8.42 Å². The van der Waals surface area contributed by atoms with Crippen molar-refractivity contribution in [3.8, 4) is 0 Å². The Hall–Kier alpha value is -0.660. The summed E-state index contributed by atoms with van der Waals surface area (Å²) in [5, 5.41) is 6.86. The lowest BCUT2D eigenvalue weighted by molar-refractivity contribution is 0.437. The van der Waals surface area contributed by atoms with Crippen LogP contribution < -0.4 is 10.5 Å². The van der Waals surface area contributed by atoms with Crippen molar-refractivity contribution >= 4 is 16.0 Å². The predicted octanol–water partition coefficient (Wildman–Crippen LogP) is -0.901. The fraction of sp³-hybridized carbons (Fsp3) is 0.833. The van der Waals surface area contributed by atoms with E-state index in [1.807, 2.05) is 0 Å². The van der Waals surface area contributed by atoms with Gasteiger partial charge in [-0.25, -0.2) is 0 Å². The van der Waals surface area contributed by atoms with Crippen LogP contribution in [-0.4, -0.2) is 38.2 Å². The lowest BCUT2D eigenvalue weighted by Gasteiger charge is -2.18. The van der Waals surface area contributed by atoms with E-state index in [0.29, 0.717) is 13.1 Å². The number of nitrogens with one attached hydrogen (secondary N) is 2. The largest absolute Gasteiger partial charge is 0.387 e. The highest BCUT2D eigenvalue weighted by molar-refractivity contribution is 7.87. The Balaban J connectivity index is 4.30. The second kappa shape index (κ2) is 5.15. The Kier molecular flexibility index (Phi) is 4.89. The molecule has 0 aromatic rings. The highest BCUT2D eigenvalue weighted by atomic mass is 32.2. The van der Waals surface area contributed by atoms with Gasteiger partial charge in [0.2, 0.25) is 0 Å². The van der Waals surface area contributed by atoms with Crippen LogP contribution in [0.1, 0.15) is 13.8 Å². The molecular formula is C6H16N4O2S. The van der Waals surface area contributed by atoms with Gasteiger partial charge in [-0.1, -0.05) is 13.8 Å². The molecule has 0 saturated carbocycles. The number of hydrogen-bond donors (Lipinski definition) is 3. The molecule has 13 heavy (non-hydrogen) atoms. The molecule has 0 unspecified atom stereocenters. The van der Waals surface area contributed by atoms with Gasteiger partial charge in [0.1, 0.15) is 5.84 Å². The molecular weight excluding hydrogens is 192 g/mol. The summed E-state index contributed by atoms with van der Waals surface area (Å²) in [4.78, 5) is 0. The SMILES string of the molecule is CCN(CC)S(=O)(=O)NCC(=N)N. The highest BCUT2D eigenvalue weighted by Gasteiger charge is 2.17. The summed E-state index contributed by atoms with van der Waals surface area (Å²) in [5.74, 6) is -0.198. The van der Waals surface area contributed by atoms with Gasteiger partial charge in [0.15, 0.2) is 0 Å². The van der Waals surface area contributed by atoms with Crippen LogP contribution in [0, 0.1) is 5.41 Å². The minimum atomic E-state index is -3.46. The van der Waals surface area contributed by atoms with Gasteiger partial charge in [-0.2, -0.15) is 17.4 Å². The van der Waals surface area contributed by atoms with E-state index in [1.54, 1.807) is 13.8 Å². The zero-order chi connectivity index (χ0) is 10.5. The van der Waals surface area contributed by atoms with E-state index in [0.717, 1.165) is 0 Å². The van der Waals surface area contributed by atoms with Crippen molar-refractivity contribution in [1.82, 2.24) is 9.03 Å². The summed E-state index contributed by atoms with van der Waals surface area (Å²) in [7, 11) is -3.46. The topological polar surface area (TPSA) is 99.3 Å². The van der Waals surface area contributed by atoms with Crippen LogP contribution in [0.25, 0.3) is 0 Å². The maximum atomic E-state index is 11.4. The third-order valence-electron chi connectivity index (χ3n) is 1.49. The second-order valence-corrected chi connectivity index (χ2v) is 4.19. The van der Waals surface area contributed by atoms with Crippen LogP contribution in [0.3, 0.4) is 0 Å². The van der Waals surface area contributed by atoms with E-state index in [9.17, 15) is 8.42 Å². The standard InChI is InChI=1S/C6H16N4O2S/c1-3-10(4-2)13(11,12)9-5-6(7)8/h9H,3-5H2,1-2H3,(H3,7,8). The summed E-state index contributed by atoms with van der Waals surface area (Å²) >= 11 is 0. The number of nitrogens with zero attached hydrogens (tertiary/aromatic N) is 1. The first-order valence-corrected chi connectivity index (χ1v) is 5.45. The minimum Gasteiger partial charge on any atom is -0.387 e. The fourth-order valence-electron chi connectivity index (χ4n) is 0.824. The predicted molar refractivity (Wildman–Crippen MR) is 51.8 cm³/mol. The first-order chi connectivity index (χ1) is 5.94. The zero-order valence-corrected chi connectivity index (χ0v) is 8.69. The molecule has 0 radical (unpaired) electrons. The summed E-state index contributed by atoms with van der Waals surface area (Å²) in [6, 6.07) is 0. The van der Waals surface area contributed by atoms with Crippen molar-refractivity contribution in [2.45, 2.75) is 13.8 Å². The van der Waals surface area contributed by atoms with Crippen LogP contribution in [0.4, 0.5) is 0 Å². The third kappa shape index (κ3) is 4.20. The molecule has 6 nitrogen and oxygen atoms in total. The van der Waals surface area contributed by atoms with Gasteiger partial charge in [0, 0.05) is 13.1 Å². The summed E-state index contributed by atoms with van der Waals surface area (Å²) in [6.07, 6.45) is 0. The summed E-state index contributed by atoms with van der Waals surface area (Å²) < 4.78 is 26.2. The van der Waals surface area contributed by atoms with Crippen molar-refractivity contribution in [1.29, 1.82) is 5.41 Å². The highest BCUT2D eigenvalue weighted by Crippen LogP contribution is 1.95. The lowest BCUT2D eigenvalue weighted by Crippen LogP contribution is -2.43. The van der Waals surface area contributed by atoms with Crippen molar-refractivity contribution in [3.05, 3.63) is 0 Å². The fourth-order valence-corrected chi connectivity index (χ4v) is 2.02. The van der Waals surface area contributed by atoms with Gasteiger partial charge in [-0.15, -0.1) is 0 Å². The van der Waals surface area contributed by atoms with Gasteiger partial charge in [0.25, 0.3) is 10.2 Å². The summed E-state index contributed by atoms with van der Waals surface area (Å²) in [5.41, 5.74) is 5.02. The van der Waals surface area contributed by atoms with E-state index in [1.165, 1.54) is 4.31 Å². The van der Waals surface area contributed by atoms with Crippen molar-refractivity contribution in [2.24, 2.45) is 5.73 Å². The van der Waals surface area contributed by atoms with Crippen LogP contribution in [0.5, 0.6) is 0 Å². The third-order valence-corrected chi connectivity index (χ3v) is 3.20. The van der Waals surface area contributed by atoms with Crippen molar-refractivity contribution in [3.63, 3.8) is 0 Å². The molecule has 0 saturated heterocycles. The maximum absolute atomic E-state index is 11.4. The average Bonchev–Trinajstić information content (AvgIpc) is 2.03. The lowest BCUT2D eigenvalue weighted by atomic mass is 10.6. The Morgan fingerprint density at radius 3 is 2.23 bits per heavy atom. The number of rotatable bonds is 6. The molecule has 0 aromatic heterocycles. The second-order valence-electron chi connectivity index (χ2n) is 2.44. The first-order valence-electron chi connectivity index (χ1n) is 4.01. The molecule has 0 heterocycles. The molecule has 0 amide bonds. The quantitative estimate of drug-likeness (QED) is 0.389. The van der Waals surface area contributed by atoms with Gasteiger partial charge < -0.3 is 5.73 Å². The molecule has 0 fully saturated rings. The van der Waals surface area contributed by atoms with Crippen LogP contribution in [0.2, 0.25) is 0 Å². The van der Waals surface area contributed by atoms with E-state index in [2.05, 4.69) is 4.72 Å². The van der Waals surface area contributed by atoms with E-state index < -0.39 is 10.2 Å². The van der Waals surface area contributed by atoms with Gasteiger partial charge in [0.05, 0.1) is 6.54 Å². The Labute approximate surface area is 78.8 Å². The molecule has 0 atom stereocenters. The molecule has 4 N–H and O–H groups in total. The molecule has 0 aliphatic rings. The zero-order valence-electron chi connectivity index (χ0n) is 7.87. The van der Waals surface area contributed by atoms with Gasteiger partial charge in [-0.05, 0) is 0 Å². The molecule has 0 rings (SSSR count). The number of amidine groups is 1. The van der Waals surface area contributed by atoms with Gasteiger partial charge >= 0.3 is 0 Å². The average molecular weight is 208 g/mol. The van der Waals surface area contributed by atoms with Crippen LogP contribution >= 0.6 is 0 Å². The van der Waals surface area contributed by atoms with E-state index in [-0.39, 0.29) is 12.4 Å².